The van der Waals surface area contributed by atoms with E-state index in [0.29, 0.717) is 6.04 Å². The van der Waals surface area contributed by atoms with E-state index in [9.17, 15) is 4.79 Å². The van der Waals surface area contributed by atoms with Crippen molar-refractivity contribution in [3.8, 4) is 0 Å². The van der Waals surface area contributed by atoms with Crippen molar-refractivity contribution in [2.45, 2.75) is 25.3 Å². The monoisotopic (exact) mass is 344 g/mol. The van der Waals surface area contributed by atoms with Gasteiger partial charge in [-0.3, -0.25) is 4.79 Å². The van der Waals surface area contributed by atoms with Gasteiger partial charge in [-0.25, -0.2) is 0 Å². The summed E-state index contributed by atoms with van der Waals surface area (Å²) >= 11 is 0. The van der Waals surface area contributed by atoms with Gasteiger partial charge in [0, 0.05) is 31.2 Å². The molecule has 128 valence electrons. The van der Waals surface area contributed by atoms with Crippen LogP contribution < -0.4 is 5.32 Å². The summed E-state index contributed by atoms with van der Waals surface area (Å²) in [5, 5.41) is 3.16. The first-order chi connectivity index (χ1) is 11.3. The average molecular weight is 345 g/mol. The first kappa shape index (κ1) is 18.5. The van der Waals surface area contributed by atoms with E-state index in [4.69, 9.17) is 0 Å². The second kappa shape index (κ2) is 9.45. The summed E-state index contributed by atoms with van der Waals surface area (Å²) in [5.74, 6) is 0.0494. The third-order valence-corrected chi connectivity index (χ3v) is 4.52. The Hall–Kier alpha value is -1.84. The fourth-order valence-electron chi connectivity index (χ4n) is 3.09. The lowest BCUT2D eigenvalue weighted by Crippen LogP contribution is -2.45. The molecule has 3 nitrogen and oxygen atoms in total. The molecule has 0 aliphatic carbocycles. The van der Waals surface area contributed by atoms with E-state index in [1.54, 1.807) is 0 Å². The summed E-state index contributed by atoms with van der Waals surface area (Å²) in [6.07, 6.45) is 3.17. The zero-order chi connectivity index (χ0) is 15.9. The van der Waals surface area contributed by atoms with Crippen molar-refractivity contribution in [2.24, 2.45) is 0 Å². The van der Waals surface area contributed by atoms with Crippen molar-refractivity contribution in [1.82, 2.24) is 10.2 Å². The van der Waals surface area contributed by atoms with Crippen LogP contribution in [-0.4, -0.2) is 36.5 Å². The number of halogens is 1. The maximum atomic E-state index is 12.2. The summed E-state index contributed by atoms with van der Waals surface area (Å²) in [7, 11) is 0. The van der Waals surface area contributed by atoms with Crippen LogP contribution in [0.15, 0.2) is 60.7 Å². The molecule has 1 aliphatic rings. The van der Waals surface area contributed by atoms with Gasteiger partial charge < -0.3 is 10.2 Å². The van der Waals surface area contributed by atoms with E-state index < -0.39 is 0 Å². The van der Waals surface area contributed by atoms with Crippen LogP contribution in [0.25, 0.3) is 0 Å². The molecule has 3 rings (SSSR count). The SMILES string of the molecule is Cl.O=C(NC1CCN(CCc2ccccc2)CC1)c1ccccc1. The summed E-state index contributed by atoms with van der Waals surface area (Å²) in [6.45, 7) is 3.22. The second-order valence-corrected chi connectivity index (χ2v) is 6.19. The van der Waals surface area contributed by atoms with Crippen LogP contribution in [0.2, 0.25) is 0 Å². The summed E-state index contributed by atoms with van der Waals surface area (Å²) in [5.41, 5.74) is 2.14. The molecule has 0 saturated carbocycles. The number of piperidine rings is 1. The van der Waals surface area contributed by atoms with Gasteiger partial charge in [-0.1, -0.05) is 48.5 Å². The van der Waals surface area contributed by atoms with Crippen molar-refractivity contribution >= 4 is 18.3 Å². The van der Waals surface area contributed by atoms with Crippen LogP contribution in [0.1, 0.15) is 28.8 Å². The molecule has 0 bridgehead atoms. The number of likely N-dealkylation sites (tertiary alicyclic amines) is 1. The van der Waals surface area contributed by atoms with Gasteiger partial charge >= 0.3 is 0 Å². The van der Waals surface area contributed by atoms with Crippen LogP contribution in [-0.2, 0) is 6.42 Å². The number of hydrogen-bond acceptors (Lipinski definition) is 2. The van der Waals surface area contributed by atoms with Gasteiger partial charge in [-0.2, -0.15) is 0 Å². The van der Waals surface area contributed by atoms with Crippen LogP contribution >= 0.6 is 12.4 Å². The second-order valence-electron chi connectivity index (χ2n) is 6.19. The third kappa shape index (κ3) is 5.36. The fourth-order valence-corrected chi connectivity index (χ4v) is 3.09. The Labute approximate surface area is 150 Å². The molecule has 4 heteroatoms. The molecule has 2 aromatic carbocycles. The molecule has 0 aromatic heterocycles. The van der Waals surface area contributed by atoms with Gasteiger partial charge in [-0.05, 0) is 37.0 Å². The van der Waals surface area contributed by atoms with Crippen LogP contribution in [0, 0.1) is 0 Å². The smallest absolute Gasteiger partial charge is 0.251 e. The molecule has 2 aromatic rings. The Kier molecular flexibility index (Phi) is 7.29. The number of carbonyl (C=O) groups is 1. The zero-order valence-corrected chi connectivity index (χ0v) is 14.7. The Morgan fingerprint density at radius 1 is 0.958 bits per heavy atom. The standard InChI is InChI=1S/C20H24N2O.ClH/c23-20(18-9-5-2-6-10-18)21-19-12-15-22(16-13-19)14-11-17-7-3-1-4-8-17;/h1-10,19H,11-16H2,(H,21,23);1H. The molecule has 1 N–H and O–H groups in total. The Balaban J connectivity index is 0.00000208. The number of amides is 1. The largest absolute Gasteiger partial charge is 0.349 e. The summed E-state index contributed by atoms with van der Waals surface area (Å²) < 4.78 is 0. The number of carbonyl (C=O) groups excluding carboxylic acids is 1. The summed E-state index contributed by atoms with van der Waals surface area (Å²) in [4.78, 5) is 14.7. The van der Waals surface area contributed by atoms with Gasteiger partial charge in [0.25, 0.3) is 5.91 Å². The zero-order valence-electron chi connectivity index (χ0n) is 13.9. The molecular formula is C20H25ClN2O. The maximum absolute atomic E-state index is 12.2. The highest BCUT2D eigenvalue weighted by molar-refractivity contribution is 5.94. The fraction of sp³-hybridized carbons (Fsp3) is 0.350. The van der Waals surface area contributed by atoms with Crippen LogP contribution in [0.5, 0.6) is 0 Å². The number of rotatable bonds is 5. The first-order valence-electron chi connectivity index (χ1n) is 8.43. The lowest BCUT2D eigenvalue weighted by atomic mass is 10.0. The molecule has 1 heterocycles. The third-order valence-electron chi connectivity index (χ3n) is 4.52. The molecular weight excluding hydrogens is 320 g/mol. The van der Waals surface area contributed by atoms with Gasteiger partial charge in [0.2, 0.25) is 0 Å². The predicted octanol–water partition coefficient (Wildman–Crippen LogP) is 3.55. The number of nitrogens with zero attached hydrogens (tertiary/aromatic N) is 1. The Morgan fingerprint density at radius 3 is 2.17 bits per heavy atom. The van der Waals surface area contributed by atoms with E-state index in [1.165, 1.54) is 5.56 Å². The van der Waals surface area contributed by atoms with E-state index in [-0.39, 0.29) is 18.3 Å². The highest BCUT2D eigenvalue weighted by atomic mass is 35.5. The minimum Gasteiger partial charge on any atom is -0.349 e. The van der Waals surface area contributed by atoms with Crippen LogP contribution in [0.3, 0.4) is 0 Å². The molecule has 1 fully saturated rings. The molecule has 1 amide bonds. The normalized spacial score (nSPS) is 15.5. The molecule has 0 spiro atoms. The predicted molar refractivity (Wildman–Crippen MR) is 101 cm³/mol. The quantitative estimate of drug-likeness (QED) is 0.899. The molecule has 1 aliphatic heterocycles. The highest BCUT2D eigenvalue weighted by Crippen LogP contribution is 2.12. The van der Waals surface area contributed by atoms with E-state index in [2.05, 4.69) is 40.5 Å². The number of benzene rings is 2. The molecule has 1 saturated heterocycles. The number of nitrogens with one attached hydrogen (secondary N) is 1. The van der Waals surface area contributed by atoms with Crippen molar-refractivity contribution in [2.75, 3.05) is 19.6 Å². The van der Waals surface area contributed by atoms with E-state index in [0.717, 1.165) is 44.5 Å². The topological polar surface area (TPSA) is 32.3 Å². The Morgan fingerprint density at radius 2 is 1.54 bits per heavy atom. The van der Waals surface area contributed by atoms with Gasteiger partial charge in [-0.15, -0.1) is 12.4 Å². The van der Waals surface area contributed by atoms with Crippen molar-refractivity contribution in [3.63, 3.8) is 0 Å². The van der Waals surface area contributed by atoms with Crippen molar-refractivity contribution in [3.05, 3.63) is 71.8 Å². The molecule has 0 unspecified atom stereocenters. The molecule has 0 radical (unpaired) electrons. The van der Waals surface area contributed by atoms with Crippen molar-refractivity contribution < 1.29 is 4.79 Å². The highest BCUT2D eigenvalue weighted by Gasteiger charge is 2.20. The molecule has 24 heavy (non-hydrogen) atoms. The minimum absolute atomic E-state index is 0. The van der Waals surface area contributed by atoms with Crippen LogP contribution in [0.4, 0.5) is 0 Å². The van der Waals surface area contributed by atoms with Gasteiger partial charge in [0.1, 0.15) is 0 Å². The van der Waals surface area contributed by atoms with E-state index in [1.807, 2.05) is 30.3 Å². The lowest BCUT2D eigenvalue weighted by Gasteiger charge is -2.32. The summed E-state index contributed by atoms with van der Waals surface area (Å²) in [6, 6.07) is 20.4. The van der Waals surface area contributed by atoms with Gasteiger partial charge in [0.05, 0.1) is 0 Å². The number of hydrogen-bond donors (Lipinski definition) is 1. The first-order valence-corrected chi connectivity index (χ1v) is 8.43. The molecule has 0 atom stereocenters. The van der Waals surface area contributed by atoms with Crippen molar-refractivity contribution in [1.29, 1.82) is 0 Å². The maximum Gasteiger partial charge on any atom is 0.251 e. The average Bonchev–Trinajstić information content (AvgIpc) is 2.63. The minimum atomic E-state index is 0. The Bertz CT molecular complexity index is 610. The van der Waals surface area contributed by atoms with Gasteiger partial charge in [0.15, 0.2) is 0 Å². The lowest BCUT2D eigenvalue weighted by molar-refractivity contribution is 0.0911. The van der Waals surface area contributed by atoms with E-state index >= 15 is 0 Å².